The van der Waals surface area contributed by atoms with E-state index in [2.05, 4.69) is 15.5 Å². The van der Waals surface area contributed by atoms with Crippen molar-refractivity contribution < 1.29 is 13.6 Å². The molecule has 1 aromatic carbocycles. The highest BCUT2D eigenvalue weighted by atomic mass is 19.3. The van der Waals surface area contributed by atoms with Gasteiger partial charge in [-0.15, -0.1) is 0 Å². The summed E-state index contributed by atoms with van der Waals surface area (Å²) in [6, 6.07) is 5.04. The van der Waals surface area contributed by atoms with Gasteiger partial charge in [0.05, 0.1) is 17.4 Å². The van der Waals surface area contributed by atoms with E-state index in [1.807, 2.05) is 6.07 Å². The van der Waals surface area contributed by atoms with E-state index < -0.39 is 5.92 Å². The fraction of sp³-hybridized carbons (Fsp3) is 0.385. The van der Waals surface area contributed by atoms with Crippen LogP contribution in [-0.4, -0.2) is 40.1 Å². The molecule has 20 heavy (non-hydrogen) atoms. The van der Waals surface area contributed by atoms with E-state index in [0.717, 1.165) is 10.9 Å². The lowest BCUT2D eigenvalue weighted by atomic mass is 10.1. The van der Waals surface area contributed by atoms with Crippen molar-refractivity contribution in [2.75, 3.05) is 18.4 Å². The number of halogens is 2. The first-order chi connectivity index (χ1) is 9.55. The molecule has 2 N–H and O–H groups in total. The molecule has 106 valence electrons. The van der Waals surface area contributed by atoms with Crippen LogP contribution < -0.4 is 5.32 Å². The van der Waals surface area contributed by atoms with Gasteiger partial charge in [0.15, 0.2) is 0 Å². The highest BCUT2D eigenvalue weighted by Gasteiger charge is 2.35. The van der Waals surface area contributed by atoms with Crippen LogP contribution in [0, 0.1) is 0 Å². The molecule has 0 unspecified atom stereocenters. The van der Waals surface area contributed by atoms with Crippen LogP contribution in [0.2, 0.25) is 0 Å². The number of fused-ring (bicyclic) bond motifs is 1. The standard InChI is InChI=1S/C13H14F2N4O/c14-13(15)4-6-19(7-5-13)12(20)17-10-2-1-3-11-9(10)8-16-18-11/h1-3,8H,4-7H2,(H,16,18)(H,17,20). The molecular weight excluding hydrogens is 266 g/mol. The van der Waals surface area contributed by atoms with Crippen molar-refractivity contribution >= 4 is 22.6 Å². The maximum absolute atomic E-state index is 13.1. The lowest BCUT2D eigenvalue weighted by molar-refractivity contribution is -0.0461. The normalized spacial score (nSPS) is 18.2. The Labute approximate surface area is 113 Å². The summed E-state index contributed by atoms with van der Waals surface area (Å²) in [5.74, 6) is -2.65. The number of carbonyl (C=O) groups excluding carboxylic acids is 1. The number of aromatic amines is 1. The highest BCUT2D eigenvalue weighted by Crippen LogP contribution is 2.28. The average molecular weight is 280 g/mol. The maximum atomic E-state index is 13.1. The average Bonchev–Trinajstić information content (AvgIpc) is 2.88. The number of H-pyrrole nitrogens is 1. The van der Waals surface area contributed by atoms with E-state index in [1.54, 1.807) is 18.3 Å². The molecule has 1 saturated heterocycles. The monoisotopic (exact) mass is 280 g/mol. The molecule has 0 aliphatic carbocycles. The molecule has 0 radical (unpaired) electrons. The Bertz CT molecular complexity index is 630. The Morgan fingerprint density at radius 2 is 2.10 bits per heavy atom. The predicted molar refractivity (Wildman–Crippen MR) is 70.9 cm³/mol. The molecule has 0 spiro atoms. The molecule has 7 heteroatoms. The molecule has 2 amide bonds. The van der Waals surface area contributed by atoms with Crippen molar-refractivity contribution in [3.8, 4) is 0 Å². The van der Waals surface area contributed by atoms with Gasteiger partial charge in [-0.1, -0.05) is 6.07 Å². The smallest absolute Gasteiger partial charge is 0.321 e. The Hall–Kier alpha value is -2.18. The highest BCUT2D eigenvalue weighted by molar-refractivity contribution is 6.00. The zero-order chi connectivity index (χ0) is 14.2. The number of benzene rings is 1. The minimum Gasteiger partial charge on any atom is -0.324 e. The van der Waals surface area contributed by atoms with Gasteiger partial charge in [0, 0.05) is 31.3 Å². The van der Waals surface area contributed by atoms with Gasteiger partial charge in [0.25, 0.3) is 5.92 Å². The van der Waals surface area contributed by atoms with Crippen LogP contribution in [0.15, 0.2) is 24.4 Å². The molecule has 2 aromatic rings. The van der Waals surface area contributed by atoms with Gasteiger partial charge in [-0.25, -0.2) is 13.6 Å². The number of anilines is 1. The van der Waals surface area contributed by atoms with E-state index >= 15 is 0 Å². The third kappa shape index (κ3) is 2.43. The summed E-state index contributed by atoms with van der Waals surface area (Å²) < 4.78 is 26.1. The quantitative estimate of drug-likeness (QED) is 0.843. The van der Waals surface area contributed by atoms with Crippen LogP contribution >= 0.6 is 0 Å². The molecule has 2 heterocycles. The number of nitrogens with one attached hydrogen (secondary N) is 2. The topological polar surface area (TPSA) is 61.0 Å². The molecular formula is C13H14F2N4O. The SMILES string of the molecule is O=C(Nc1cccc2[nH]ncc12)N1CCC(F)(F)CC1. The van der Waals surface area contributed by atoms with Crippen molar-refractivity contribution in [3.05, 3.63) is 24.4 Å². The Balaban J connectivity index is 1.72. The van der Waals surface area contributed by atoms with Crippen molar-refractivity contribution in [2.24, 2.45) is 0 Å². The fourth-order valence-electron chi connectivity index (χ4n) is 2.31. The molecule has 0 atom stereocenters. The molecule has 0 saturated carbocycles. The number of aromatic nitrogens is 2. The first kappa shape index (κ1) is 12.8. The number of rotatable bonds is 1. The largest absolute Gasteiger partial charge is 0.324 e. The van der Waals surface area contributed by atoms with Gasteiger partial charge >= 0.3 is 6.03 Å². The van der Waals surface area contributed by atoms with Gasteiger partial charge in [-0.3, -0.25) is 5.10 Å². The number of amides is 2. The summed E-state index contributed by atoms with van der Waals surface area (Å²) in [6.45, 7) is 0.139. The van der Waals surface area contributed by atoms with Crippen LogP contribution in [0.1, 0.15) is 12.8 Å². The number of nitrogens with zero attached hydrogens (tertiary/aromatic N) is 2. The van der Waals surface area contributed by atoms with Crippen LogP contribution in [0.3, 0.4) is 0 Å². The van der Waals surface area contributed by atoms with Crippen molar-refractivity contribution in [3.63, 3.8) is 0 Å². The van der Waals surface area contributed by atoms with E-state index in [-0.39, 0.29) is 32.0 Å². The summed E-state index contributed by atoms with van der Waals surface area (Å²) in [7, 11) is 0. The minimum absolute atomic E-state index is 0.0696. The van der Waals surface area contributed by atoms with Gasteiger partial charge < -0.3 is 10.2 Å². The van der Waals surface area contributed by atoms with Crippen LogP contribution in [-0.2, 0) is 0 Å². The van der Waals surface area contributed by atoms with Gasteiger partial charge in [0.1, 0.15) is 0 Å². The minimum atomic E-state index is -2.65. The van der Waals surface area contributed by atoms with E-state index in [0.29, 0.717) is 5.69 Å². The van der Waals surface area contributed by atoms with Crippen molar-refractivity contribution in [1.82, 2.24) is 15.1 Å². The van der Waals surface area contributed by atoms with Crippen molar-refractivity contribution in [1.29, 1.82) is 0 Å². The number of alkyl halides is 2. The summed E-state index contributed by atoms with van der Waals surface area (Å²) in [5.41, 5.74) is 1.44. The van der Waals surface area contributed by atoms with E-state index in [4.69, 9.17) is 0 Å². The summed E-state index contributed by atoms with van der Waals surface area (Å²) >= 11 is 0. The third-order valence-corrected chi connectivity index (χ3v) is 3.51. The summed E-state index contributed by atoms with van der Waals surface area (Å²) in [5, 5.41) is 10.3. The van der Waals surface area contributed by atoms with Gasteiger partial charge in [-0.2, -0.15) is 5.10 Å². The molecule has 1 fully saturated rings. The molecule has 0 bridgehead atoms. The molecule has 1 aromatic heterocycles. The number of carbonyl (C=O) groups is 1. The van der Waals surface area contributed by atoms with Crippen LogP contribution in [0.25, 0.3) is 10.9 Å². The molecule has 5 nitrogen and oxygen atoms in total. The first-order valence-electron chi connectivity index (χ1n) is 6.41. The Morgan fingerprint density at radius 3 is 2.85 bits per heavy atom. The van der Waals surface area contributed by atoms with Crippen LogP contribution in [0.5, 0.6) is 0 Å². The third-order valence-electron chi connectivity index (χ3n) is 3.51. The lowest BCUT2D eigenvalue weighted by Gasteiger charge is -2.31. The second kappa shape index (κ2) is 4.73. The number of piperidine rings is 1. The zero-order valence-electron chi connectivity index (χ0n) is 10.7. The maximum Gasteiger partial charge on any atom is 0.321 e. The van der Waals surface area contributed by atoms with E-state index in [1.165, 1.54) is 4.90 Å². The summed E-state index contributed by atoms with van der Waals surface area (Å²) in [4.78, 5) is 13.5. The zero-order valence-corrected chi connectivity index (χ0v) is 10.7. The number of hydrogen-bond acceptors (Lipinski definition) is 2. The summed E-state index contributed by atoms with van der Waals surface area (Å²) in [6.07, 6.45) is 1.06. The second-order valence-electron chi connectivity index (χ2n) is 4.91. The van der Waals surface area contributed by atoms with Crippen LogP contribution in [0.4, 0.5) is 19.3 Å². The first-order valence-corrected chi connectivity index (χ1v) is 6.41. The predicted octanol–water partition coefficient (Wildman–Crippen LogP) is 2.83. The fourth-order valence-corrected chi connectivity index (χ4v) is 2.31. The number of hydrogen-bond donors (Lipinski definition) is 2. The Kier molecular flexibility index (Phi) is 3.04. The molecule has 1 aliphatic rings. The van der Waals surface area contributed by atoms with Gasteiger partial charge in [-0.05, 0) is 12.1 Å². The number of likely N-dealkylation sites (tertiary alicyclic amines) is 1. The molecule has 3 rings (SSSR count). The lowest BCUT2D eigenvalue weighted by Crippen LogP contribution is -2.44. The second-order valence-corrected chi connectivity index (χ2v) is 4.91. The molecule has 1 aliphatic heterocycles. The van der Waals surface area contributed by atoms with Gasteiger partial charge in [0.2, 0.25) is 0 Å². The van der Waals surface area contributed by atoms with E-state index in [9.17, 15) is 13.6 Å². The number of urea groups is 1. The Morgan fingerprint density at radius 1 is 1.35 bits per heavy atom. The van der Waals surface area contributed by atoms with Crippen molar-refractivity contribution in [2.45, 2.75) is 18.8 Å².